The summed E-state index contributed by atoms with van der Waals surface area (Å²) in [6, 6.07) is 6.38. The van der Waals surface area contributed by atoms with Crippen molar-refractivity contribution in [2.24, 2.45) is 5.92 Å². The van der Waals surface area contributed by atoms with Gasteiger partial charge in [-0.15, -0.1) is 0 Å². The number of nitriles is 1. The van der Waals surface area contributed by atoms with Crippen LogP contribution in [0.3, 0.4) is 0 Å². The lowest BCUT2D eigenvalue weighted by atomic mass is 9.72. The molecular formula is C17H17N3O2. The number of nitrogens with one attached hydrogen (secondary N) is 1. The molecule has 22 heavy (non-hydrogen) atoms. The number of carbonyl (C=O) groups excluding carboxylic acids is 1. The summed E-state index contributed by atoms with van der Waals surface area (Å²) in [5.41, 5.74) is 3.65. The Hall–Kier alpha value is -2.48. The van der Waals surface area contributed by atoms with Crippen LogP contribution in [0.15, 0.2) is 24.4 Å². The summed E-state index contributed by atoms with van der Waals surface area (Å²) in [6.07, 6.45) is 5.93. The van der Waals surface area contributed by atoms with Crippen molar-refractivity contribution >= 4 is 16.9 Å². The molecule has 3 atom stereocenters. The molecule has 0 spiro atoms. The van der Waals surface area contributed by atoms with E-state index in [1.165, 1.54) is 23.6 Å². The Balaban J connectivity index is 1.82. The Morgan fingerprint density at radius 2 is 2.36 bits per heavy atom. The Kier molecular flexibility index (Phi) is 2.86. The number of carbonyl (C=O) groups is 1. The predicted octanol–water partition coefficient (Wildman–Crippen LogP) is 2.15. The van der Waals surface area contributed by atoms with E-state index in [1.807, 2.05) is 12.3 Å². The number of rotatable bonds is 1. The maximum absolute atomic E-state index is 12.0. The molecule has 1 aliphatic carbocycles. The van der Waals surface area contributed by atoms with Crippen LogP contribution in [0.25, 0.3) is 10.9 Å². The van der Waals surface area contributed by atoms with Gasteiger partial charge in [0.1, 0.15) is 0 Å². The van der Waals surface area contributed by atoms with Crippen LogP contribution in [0, 0.1) is 17.4 Å². The summed E-state index contributed by atoms with van der Waals surface area (Å²) in [7, 11) is 1.41. The van der Waals surface area contributed by atoms with E-state index in [-0.39, 0.29) is 23.8 Å². The molecule has 2 aromatic rings. The van der Waals surface area contributed by atoms with Crippen molar-refractivity contribution in [1.82, 2.24) is 9.88 Å². The fraction of sp³-hybridized carbons (Fsp3) is 0.412. The van der Waals surface area contributed by atoms with Crippen LogP contribution in [0.4, 0.5) is 0 Å². The molecule has 5 nitrogen and oxygen atoms in total. The maximum atomic E-state index is 12.0. The predicted molar refractivity (Wildman–Crippen MR) is 81.0 cm³/mol. The molecule has 4 rings (SSSR count). The Bertz CT molecular complexity index is 789. The summed E-state index contributed by atoms with van der Waals surface area (Å²) >= 11 is 0. The summed E-state index contributed by atoms with van der Waals surface area (Å²) in [5, 5.41) is 10.8. The van der Waals surface area contributed by atoms with Crippen molar-refractivity contribution in [1.29, 1.82) is 5.26 Å². The van der Waals surface area contributed by atoms with Crippen molar-refractivity contribution in [3.8, 4) is 6.19 Å². The number of nitrogens with zero attached hydrogens (tertiary/aromatic N) is 2. The lowest BCUT2D eigenvalue weighted by molar-refractivity contribution is -0.147. The minimum absolute atomic E-state index is 0.139. The summed E-state index contributed by atoms with van der Waals surface area (Å²) in [6.45, 7) is 0.458. The Morgan fingerprint density at radius 3 is 3.14 bits per heavy atom. The van der Waals surface area contributed by atoms with Crippen molar-refractivity contribution < 1.29 is 9.53 Å². The Labute approximate surface area is 128 Å². The van der Waals surface area contributed by atoms with Crippen molar-refractivity contribution in [2.45, 2.75) is 24.8 Å². The first kappa shape index (κ1) is 13.2. The van der Waals surface area contributed by atoms with Crippen molar-refractivity contribution in [3.63, 3.8) is 0 Å². The van der Waals surface area contributed by atoms with Gasteiger partial charge in [-0.2, -0.15) is 5.26 Å². The number of H-pyrrole nitrogens is 1. The number of esters is 1. The van der Waals surface area contributed by atoms with E-state index >= 15 is 0 Å². The number of hydrogen-bond acceptors (Lipinski definition) is 4. The van der Waals surface area contributed by atoms with Crippen LogP contribution < -0.4 is 0 Å². The second-order valence-corrected chi connectivity index (χ2v) is 6.17. The first-order valence-corrected chi connectivity index (χ1v) is 7.56. The normalized spacial score (nSPS) is 26.4. The third-order valence-electron chi connectivity index (χ3n) is 5.13. The fourth-order valence-electron chi connectivity index (χ4n) is 4.15. The van der Waals surface area contributed by atoms with Crippen molar-refractivity contribution in [2.75, 3.05) is 13.7 Å². The number of aromatic nitrogens is 1. The van der Waals surface area contributed by atoms with Crippen molar-refractivity contribution in [3.05, 3.63) is 35.5 Å². The molecule has 5 heteroatoms. The van der Waals surface area contributed by atoms with Crippen LogP contribution >= 0.6 is 0 Å². The van der Waals surface area contributed by atoms with E-state index < -0.39 is 0 Å². The lowest BCUT2D eigenvalue weighted by Gasteiger charge is -2.43. The third kappa shape index (κ3) is 1.73. The molecular weight excluding hydrogens is 278 g/mol. The number of piperidine rings is 1. The molecule has 1 aliphatic heterocycles. The minimum Gasteiger partial charge on any atom is -0.469 e. The van der Waals surface area contributed by atoms with E-state index in [4.69, 9.17) is 4.74 Å². The zero-order chi connectivity index (χ0) is 15.3. The number of methoxy groups -OCH3 is 1. The van der Waals surface area contributed by atoms with Gasteiger partial charge in [-0.05, 0) is 30.0 Å². The second kappa shape index (κ2) is 4.77. The zero-order valence-corrected chi connectivity index (χ0v) is 12.4. The van der Waals surface area contributed by atoms with Crippen LogP contribution in [0.1, 0.15) is 23.5 Å². The molecule has 0 amide bonds. The van der Waals surface area contributed by atoms with Gasteiger partial charge in [0.2, 0.25) is 0 Å². The van der Waals surface area contributed by atoms with Gasteiger partial charge in [0.25, 0.3) is 0 Å². The van der Waals surface area contributed by atoms with Gasteiger partial charge in [-0.1, -0.05) is 12.1 Å². The number of likely N-dealkylation sites (tertiary alicyclic amines) is 1. The van der Waals surface area contributed by atoms with Gasteiger partial charge in [0, 0.05) is 29.6 Å². The molecule has 112 valence electrons. The van der Waals surface area contributed by atoms with E-state index in [0.29, 0.717) is 6.54 Å². The number of ether oxygens (including phenoxy) is 1. The topological polar surface area (TPSA) is 69.1 Å². The van der Waals surface area contributed by atoms with E-state index in [1.54, 1.807) is 4.90 Å². The molecule has 1 fully saturated rings. The highest BCUT2D eigenvalue weighted by atomic mass is 16.5. The van der Waals surface area contributed by atoms with Crippen LogP contribution in [-0.4, -0.2) is 35.5 Å². The van der Waals surface area contributed by atoms with E-state index in [9.17, 15) is 10.1 Å². The molecule has 1 saturated heterocycles. The standard InChI is InChI=1S/C17H17N3O2/c1-22-17(21)11-5-13-12-3-2-4-14-16(12)10(7-19-14)6-15(13)20(8-11)9-18/h2-4,7,11,13,15,19H,5-6,8H2,1H3/t11-,13-,15-/m1/s1. The molecule has 0 unspecified atom stereocenters. The average molecular weight is 295 g/mol. The molecule has 2 heterocycles. The van der Waals surface area contributed by atoms with Crippen LogP contribution in [-0.2, 0) is 16.0 Å². The van der Waals surface area contributed by atoms with Gasteiger partial charge in [0.15, 0.2) is 6.19 Å². The SMILES string of the molecule is COC(=O)[C@@H]1C[C@@H]2c3cccc4[nH]cc(c34)C[C@H]2N(C#N)C1. The largest absolute Gasteiger partial charge is 0.469 e. The van der Waals surface area contributed by atoms with Gasteiger partial charge >= 0.3 is 5.97 Å². The highest BCUT2D eigenvalue weighted by molar-refractivity contribution is 5.88. The molecule has 2 aliphatic rings. The zero-order valence-electron chi connectivity index (χ0n) is 12.4. The quantitative estimate of drug-likeness (QED) is 0.646. The van der Waals surface area contributed by atoms with Gasteiger partial charge in [0.05, 0.1) is 19.1 Å². The molecule has 1 N–H and O–H groups in total. The lowest BCUT2D eigenvalue weighted by Crippen LogP contribution is -2.49. The molecule has 0 radical (unpaired) electrons. The van der Waals surface area contributed by atoms with Crippen LogP contribution in [0.5, 0.6) is 0 Å². The first-order valence-electron chi connectivity index (χ1n) is 7.56. The Morgan fingerprint density at radius 1 is 1.50 bits per heavy atom. The molecule has 0 bridgehead atoms. The smallest absolute Gasteiger partial charge is 0.310 e. The van der Waals surface area contributed by atoms with Gasteiger partial charge in [-0.3, -0.25) is 4.79 Å². The van der Waals surface area contributed by atoms with Crippen LogP contribution in [0.2, 0.25) is 0 Å². The monoisotopic (exact) mass is 295 g/mol. The number of benzene rings is 1. The molecule has 1 aromatic carbocycles. The number of fused-ring (bicyclic) bond motifs is 2. The summed E-state index contributed by atoms with van der Waals surface area (Å²) in [5.74, 6) is -0.253. The highest BCUT2D eigenvalue weighted by Crippen LogP contribution is 2.44. The maximum Gasteiger partial charge on any atom is 0.310 e. The minimum atomic E-state index is -0.235. The molecule has 0 saturated carbocycles. The fourth-order valence-corrected chi connectivity index (χ4v) is 4.15. The highest BCUT2D eigenvalue weighted by Gasteiger charge is 2.43. The first-order chi connectivity index (χ1) is 10.7. The molecule has 1 aromatic heterocycles. The third-order valence-corrected chi connectivity index (χ3v) is 5.13. The average Bonchev–Trinajstić information content (AvgIpc) is 2.98. The van der Waals surface area contributed by atoms with Gasteiger partial charge < -0.3 is 14.6 Å². The van der Waals surface area contributed by atoms with E-state index in [2.05, 4.69) is 23.3 Å². The summed E-state index contributed by atoms with van der Waals surface area (Å²) < 4.78 is 4.91. The van der Waals surface area contributed by atoms with E-state index in [0.717, 1.165) is 18.4 Å². The summed E-state index contributed by atoms with van der Waals surface area (Å²) in [4.78, 5) is 17.1. The number of hydrogen-bond donors (Lipinski definition) is 1. The second-order valence-electron chi connectivity index (χ2n) is 6.17. The number of aromatic amines is 1. The van der Waals surface area contributed by atoms with Gasteiger partial charge in [-0.25, -0.2) is 0 Å².